The van der Waals surface area contributed by atoms with Gasteiger partial charge in [-0.3, -0.25) is 10.1 Å². The van der Waals surface area contributed by atoms with E-state index < -0.39 is 10.9 Å². The molecule has 1 aromatic carbocycles. The van der Waals surface area contributed by atoms with E-state index in [4.69, 9.17) is 9.47 Å². The molecule has 0 heterocycles. The third-order valence-electron chi connectivity index (χ3n) is 2.23. The van der Waals surface area contributed by atoms with Gasteiger partial charge in [0.15, 0.2) is 5.75 Å². The summed E-state index contributed by atoms with van der Waals surface area (Å²) in [5, 5.41) is 10.8. The first kappa shape index (κ1) is 15.5. The van der Waals surface area contributed by atoms with Crippen LogP contribution in [-0.4, -0.2) is 31.2 Å². The van der Waals surface area contributed by atoms with Crippen molar-refractivity contribution in [3.63, 3.8) is 0 Å². The molecule has 1 aromatic rings. The van der Waals surface area contributed by atoms with E-state index in [9.17, 15) is 14.9 Å². The number of hydrogen-bond donors (Lipinski definition) is 0. The van der Waals surface area contributed by atoms with Gasteiger partial charge in [-0.15, -0.1) is 0 Å². The maximum Gasteiger partial charge on any atom is 0.330 e. The van der Waals surface area contributed by atoms with E-state index in [0.717, 1.165) is 0 Å². The molecule has 0 unspecified atom stereocenters. The highest BCUT2D eigenvalue weighted by Gasteiger charge is 2.15. The lowest BCUT2D eigenvalue weighted by atomic mass is 10.3. The molecule has 0 aliphatic carbocycles. The van der Waals surface area contributed by atoms with Crippen molar-refractivity contribution >= 4 is 11.7 Å². The highest BCUT2D eigenvalue weighted by Crippen LogP contribution is 2.30. The highest BCUT2D eigenvalue weighted by molar-refractivity contribution is 5.81. The molecule has 108 valence electrons. The van der Waals surface area contributed by atoms with Crippen LogP contribution < -0.4 is 9.47 Å². The topological polar surface area (TPSA) is 87.9 Å². The summed E-state index contributed by atoms with van der Waals surface area (Å²) in [6.07, 6.45) is 2.70. The van der Waals surface area contributed by atoms with Crippen LogP contribution in [0.4, 0.5) is 5.69 Å². The molecular formula is C13H15NO6. The fourth-order valence-electron chi connectivity index (χ4n) is 1.38. The van der Waals surface area contributed by atoms with Crippen LogP contribution in [0.2, 0.25) is 0 Å². The number of esters is 1. The third kappa shape index (κ3) is 4.60. The Labute approximate surface area is 115 Å². The lowest BCUT2D eigenvalue weighted by Crippen LogP contribution is -2.01. The Hall–Kier alpha value is -2.57. The largest absolute Gasteiger partial charge is 0.490 e. The van der Waals surface area contributed by atoms with Crippen molar-refractivity contribution in [3.05, 3.63) is 40.5 Å². The molecule has 0 bridgehead atoms. The fraction of sp³-hybridized carbons (Fsp3) is 0.308. The number of nitro benzene ring substituents is 1. The number of methoxy groups -OCH3 is 1. The van der Waals surface area contributed by atoms with E-state index in [0.29, 0.717) is 12.4 Å². The van der Waals surface area contributed by atoms with E-state index in [-0.39, 0.29) is 18.0 Å². The molecular weight excluding hydrogens is 266 g/mol. The molecule has 0 atom stereocenters. The molecule has 0 aliphatic rings. The molecule has 7 heteroatoms. The summed E-state index contributed by atoms with van der Waals surface area (Å²) in [5.41, 5.74) is -0.181. The molecule has 7 nitrogen and oxygen atoms in total. The van der Waals surface area contributed by atoms with Gasteiger partial charge in [-0.05, 0) is 25.1 Å². The van der Waals surface area contributed by atoms with Crippen LogP contribution in [0.15, 0.2) is 30.4 Å². The van der Waals surface area contributed by atoms with Gasteiger partial charge in [0.05, 0.1) is 24.7 Å². The zero-order valence-corrected chi connectivity index (χ0v) is 11.2. The zero-order valence-electron chi connectivity index (χ0n) is 11.2. The van der Waals surface area contributed by atoms with Crippen LogP contribution in [0.5, 0.6) is 11.5 Å². The van der Waals surface area contributed by atoms with E-state index in [2.05, 4.69) is 4.74 Å². The Morgan fingerprint density at radius 1 is 1.45 bits per heavy atom. The number of carbonyl (C=O) groups is 1. The maximum absolute atomic E-state index is 11.0. The van der Waals surface area contributed by atoms with Crippen molar-refractivity contribution in [3.8, 4) is 11.5 Å². The summed E-state index contributed by atoms with van der Waals surface area (Å²) < 4.78 is 14.8. The monoisotopic (exact) mass is 281 g/mol. The molecule has 0 saturated heterocycles. The maximum atomic E-state index is 11.0. The Kier molecular flexibility index (Phi) is 6.02. The zero-order chi connectivity index (χ0) is 15.0. The predicted molar refractivity (Wildman–Crippen MR) is 70.9 cm³/mol. The Morgan fingerprint density at radius 3 is 2.80 bits per heavy atom. The first-order valence-electron chi connectivity index (χ1n) is 5.87. The number of carbonyl (C=O) groups excluding carboxylic acids is 1. The van der Waals surface area contributed by atoms with E-state index >= 15 is 0 Å². The Bertz CT molecular complexity index is 512. The lowest BCUT2D eigenvalue weighted by Gasteiger charge is -2.05. The quantitative estimate of drug-likeness (QED) is 0.329. The van der Waals surface area contributed by atoms with Crippen LogP contribution >= 0.6 is 0 Å². The summed E-state index contributed by atoms with van der Waals surface area (Å²) in [6.45, 7) is 2.11. The van der Waals surface area contributed by atoms with Gasteiger partial charge in [0.2, 0.25) is 0 Å². The van der Waals surface area contributed by atoms with Gasteiger partial charge in [-0.2, -0.15) is 0 Å². The smallest absolute Gasteiger partial charge is 0.330 e. The van der Waals surface area contributed by atoms with Gasteiger partial charge >= 0.3 is 11.7 Å². The molecule has 0 aliphatic heterocycles. The Balaban J connectivity index is 2.63. The van der Waals surface area contributed by atoms with Crippen molar-refractivity contribution in [1.82, 2.24) is 0 Å². The van der Waals surface area contributed by atoms with Crippen LogP contribution in [0.1, 0.15) is 6.92 Å². The molecule has 0 radical (unpaired) electrons. The van der Waals surface area contributed by atoms with Crippen LogP contribution in [0, 0.1) is 10.1 Å². The van der Waals surface area contributed by atoms with Gasteiger partial charge < -0.3 is 14.2 Å². The van der Waals surface area contributed by atoms with Gasteiger partial charge in [-0.1, -0.05) is 0 Å². The van der Waals surface area contributed by atoms with Crippen molar-refractivity contribution in [2.75, 3.05) is 20.3 Å². The summed E-state index contributed by atoms with van der Waals surface area (Å²) in [5.74, 6) is 0.00670. The van der Waals surface area contributed by atoms with Crippen molar-refractivity contribution in [2.24, 2.45) is 0 Å². The summed E-state index contributed by atoms with van der Waals surface area (Å²) in [6, 6.07) is 4.25. The summed E-state index contributed by atoms with van der Waals surface area (Å²) in [4.78, 5) is 21.3. The molecule has 0 aromatic heterocycles. The lowest BCUT2D eigenvalue weighted by molar-refractivity contribution is -0.385. The van der Waals surface area contributed by atoms with Gasteiger partial charge in [0.1, 0.15) is 12.4 Å². The standard InChI is InChI=1S/C13H15NO6/c1-3-19-13(15)5-4-8-20-10-6-7-12(18-2)11(9-10)14(16)17/h4-7,9H,3,8H2,1-2H3/b5-4+. The van der Waals surface area contributed by atoms with Crippen LogP contribution in [0.3, 0.4) is 0 Å². The van der Waals surface area contributed by atoms with Gasteiger partial charge in [0.25, 0.3) is 0 Å². The molecule has 0 N–H and O–H groups in total. The summed E-state index contributed by atoms with van der Waals surface area (Å²) >= 11 is 0. The molecule has 0 fully saturated rings. The second kappa shape index (κ2) is 7.78. The molecule has 1 rings (SSSR count). The van der Waals surface area contributed by atoms with E-state index in [1.54, 1.807) is 13.0 Å². The minimum absolute atomic E-state index is 0.0995. The normalized spacial score (nSPS) is 10.3. The fourth-order valence-corrected chi connectivity index (χ4v) is 1.38. The molecule has 0 spiro atoms. The van der Waals surface area contributed by atoms with Crippen molar-refractivity contribution < 1.29 is 23.9 Å². The van der Waals surface area contributed by atoms with Gasteiger partial charge in [-0.25, -0.2) is 4.79 Å². The molecule has 0 amide bonds. The number of ether oxygens (including phenoxy) is 3. The average molecular weight is 281 g/mol. The number of nitro groups is 1. The third-order valence-corrected chi connectivity index (χ3v) is 2.23. The first-order valence-corrected chi connectivity index (χ1v) is 5.87. The average Bonchev–Trinajstić information content (AvgIpc) is 2.43. The second-order valence-electron chi connectivity index (χ2n) is 3.56. The minimum Gasteiger partial charge on any atom is -0.490 e. The van der Waals surface area contributed by atoms with Crippen LogP contribution in [-0.2, 0) is 9.53 Å². The number of hydrogen-bond acceptors (Lipinski definition) is 6. The van der Waals surface area contributed by atoms with Crippen molar-refractivity contribution in [1.29, 1.82) is 0 Å². The summed E-state index contributed by atoms with van der Waals surface area (Å²) in [7, 11) is 1.35. The first-order chi connectivity index (χ1) is 9.58. The second-order valence-corrected chi connectivity index (χ2v) is 3.56. The van der Waals surface area contributed by atoms with E-state index in [1.807, 2.05) is 0 Å². The van der Waals surface area contributed by atoms with Gasteiger partial charge in [0, 0.05) is 6.08 Å². The Morgan fingerprint density at radius 2 is 2.20 bits per heavy atom. The number of benzene rings is 1. The highest BCUT2D eigenvalue weighted by atomic mass is 16.6. The minimum atomic E-state index is -0.555. The number of rotatable bonds is 7. The van der Waals surface area contributed by atoms with Crippen molar-refractivity contribution in [2.45, 2.75) is 6.92 Å². The van der Waals surface area contributed by atoms with E-state index in [1.165, 1.54) is 31.4 Å². The van der Waals surface area contributed by atoms with Crippen LogP contribution in [0.25, 0.3) is 0 Å². The molecule has 0 saturated carbocycles. The predicted octanol–water partition coefficient (Wildman–Crippen LogP) is 2.10. The SMILES string of the molecule is CCOC(=O)/C=C/COc1ccc(OC)c([N+](=O)[O-])c1. The molecule has 20 heavy (non-hydrogen) atoms. The number of nitrogens with zero attached hydrogens (tertiary/aromatic N) is 1.